The summed E-state index contributed by atoms with van der Waals surface area (Å²) in [5, 5.41) is 7.01. The van der Waals surface area contributed by atoms with Gasteiger partial charge in [-0.25, -0.2) is 0 Å². The molecule has 2 aliphatic rings. The second kappa shape index (κ2) is 6.80. The van der Waals surface area contributed by atoms with Gasteiger partial charge in [-0.05, 0) is 12.8 Å². The summed E-state index contributed by atoms with van der Waals surface area (Å²) in [4.78, 5) is 28.8. The van der Waals surface area contributed by atoms with Gasteiger partial charge in [-0.2, -0.15) is 5.10 Å². The van der Waals surface area contributed by atoms with Gasteiger partial charge in [0.15, 0.2) is 0 Å². The van der Waals surface area contributed by atoms with Crippen LogP contribution in [0.25, 0.3) is 11.3 Å². The molecule has 1 saturated heterocycles. The van der Waals surface area contributed by atoms with Gasteiger partial charge in [0.2, 0.25) is 0 Å². The average molecular weight is 338 g/mol. The molecular weight excluding hydrogens is 316 g/mol. The largest absolute Gasteiger partial charge is 0.336 e. The minimum absolute atomic E-state index is 0.000715. The second-order valence-electron chi connectivity index (χ2n) is 6.83. The molecule has 2 aromatic rings. The summed E-state index contributed by atoms with van der Waals surface area (Å²) in [5.74, 6) is 0.667. The van der Waals surface area contributed by atoms with Gasteiger partial charge in [0, 0.05) is 37.7 Å². The first kappa shape index (κ1) is 16.0. The van der Waals surface area contributed by atoms with Gasteiger partial charge >= 0.3 is 0 Å². The average Bonchev–Trinajstić information content (AvgIpc) is 3.39. The molecule has 1 amide bonds. The Bertz CT molecular complexity index is 759. The number of hydrogen-bond donors (Lipinski definition) is 1. The first-order valence-corrected chi connectivity index (χ1v) is 8.85. The zero-order valence-electron chi connectivity index (χ0n) is 14.1. The van der Waals surface area contributed by atoms with Crippen molar-refractivity contribution in [3.63, 3.8) is 0 Å². The zero-order chi connectivity index (χ0) is 17.2. The Morgan fingerprint density at radius 1 is 1.08 bits per heavy atom. The molecule has 1 N–H and O–H groups in total. The number of piperazine rings is 1. The number of aromatic nitrogens is 2. The lowest BCUT2D eigenvalue weighted by molar-refractivity contribution is -0.121. The molecule has 1 aromatic heterocycles. The molecule has 4 rings (SSSR count). The van der Waals surface area contributed by atoms with Crippen molar-refractivity contribution in [2.45, 2.75) is 12.8 Å². The minimum atomic E-state index is 0.000715. The molecule has 0 unspecified atom stereocenters. The van der Waals surface area contributed by atoms with Crippen molar-refractivity contribution in [3.05, 3.63) is 42.1 Å². The van der Waals surface area contributed by atoms with Crippen LogP contribution in [-0.4, -0.2) is 64.4 Å². The zero-order valence-corrected chi connectivity index (χ0v) is 14.1. The highest BCUT2D eigenvalue weighted by Crippen LogP contribution is 2.30. The van der Waals surface area contributed by atoms with Crippen LogP contribution < -0.4 is 0 Å². The van der Waals surface area contributed by atoms with Crippen LogP contribution in [0, 0.1) is 5.92 Å². The number of carbonyl (C=O) groups is 2. The van der Waals surface area contributed by atoms with Gasteiger partial charge < -0.3 is 4.90 Å². The van der Waals surface area contributed by atoms with Crippen LogP contribution in [0.15, 0.2) is 36.5 Å². The fourth-order valence-electron chi connectivity index (χ4n) is 3.31. The predicted octanol–water partition coefficient (Wildman–Crippen LogP) is 1.81. The Morgan fingerprint density at radius 3 is 2.48 bits per heavy atom. The third-order valence-electron chi connectivity index (χ3n) is 5.00. The lowest BCUT2D eigenvalue weighted by Gasteiger charge is -2.34. The molecule has 130 valence electrons. The number of hydrogen-bond acceptors (Lipinski definition) is 4. The van der Waals surface area contributed by atoms with Crippen LogP contribution in [0.2, 0.25) is 0 Å². The van der Waals surface area contributed by atoms with Crippen LogP contribution in [0.5, 0.6) is 0 Å². The number of ketones is 1. The fraction of sp³-hybridized carbons (Fsp3) is 0.421. The monoisotopic (exact) mass is 338 g/mol. The topological polar surface area (TPSA) is 69.3 Å². The maximum absolute atomic E-state index is 12.9. The van der Waals surface area contributed by atoms with Crippen molar-refractivity contribution in [1.82, 2.24) is 20.0 Å². The van der Waals surface area contributed by atoms with Crippen LogP contribution in [0.1, 0.15) is 23.2 Å². The van der Waals surface area contributed by atoms with E-state index in [0.29, 0.717) is 36.9 Å². The van der Waals surface area contributed by atoms with Crippen LogP contribution >= 0.6 is 0 Å². The fourth-order valence-corrected chi connectivity index (χ4v) is 3.31. The SMILES string of the molecule is O=C(CN1CCN(C(=O)c2cn[nH]c2-c2ccccc2)CC1)C1CC1. The summed E-state index contributed by atoms with van der Waals surface area (Å²) in [6.45, 7) is 3.34. The number of H-pyrrole nitrogens is 1. The maximum atomic E-state index is 12.9. The Hall–Kier alpha value is -2.47. The van der Waals surface area contributed by atoms with E-state index in [1.807, 2.05) is 35.2 Å². The summed E-state index contributed by atoms with van der Waals surface area (Å²) in [6, 6.07) is 9.77. The molecule has 0 spiro atoms. The van der Waals surface area contributed by atoms with Crippen molar-refractivity contribution in [1.29, 1.82) is 0 Å². The van der Waals surface area contributed by atoms with E-state index in [0.717, 1.165) is 37.2 Å². The van der Waals surface area contributed by atoms with Gasteiger partial charge in [-0.1, -0.05) is 30.3 Å². The molecular formula is C19H22N4O2. The number of aromatic amines is 1. The maximum Gasteiger partial charge on any atom is 0.257 e. The van der Waals surface area contributed by atoms with Crippen molar-refractivity contribution in [2.24, 2.45) is 5.92 Å². The van der Waals surface area contributed by atoms with E-state index >= 15 is 0 Å². The highest BCUT2D eigenvalue weighted by atomic mass is 16.2. The smallest absolute Gasteiger partial charge is 0.257 e. The van der Waals surface area contributed by atoms with E-state index in [1.165, 1.54) is 0 Å². The molecule has 0 atom stereocenters. The van der Waals surface area contributed by atoms with Crippen molar-refractivity contribution < 1.29 is 9.59 Å². The van der Waals surface area contributed by atoms with Crippen molar-refractivity contribution >= 4 is 11.7 Å². The summed E-state index contributed by atoms with van der Waals surface area (Å²) in [7, 11) is 0. The lowest BCUT2D eigenvalue weighted by Crippen LogP contribution is -2.50. The molecule has 6 nitrogen and oxygen atoms in total. The Balaban J connectivity index is 1.40. The number of rotatable bonds is 5. The Kier molecular flexibility index (Phi) is 4.36. The molecule has 6 heteroatoms. The first-order valence-electron chi connectivity index (χ1n) is 8.85. The third kappa shape index (κ3) is 3.49. The molecule has 2 fully saturated rings. The van der Waals surface area contributed by atoms with E-state index in [-0.39, 0.29) is 5.91 Å². The summed E-state index contributed by atoms with van der Waals surface area (Å²) in [5.41, 5.74) is 2.32. The standard InChI is InChI=1S/C19H22N4O2/c24-17(14-6-7-14)13-22-8-10-23(11-9-22)19(25)16-12-20-21-18(16)15-4-2-1-3-5-15/h1-5,12,14H,6-11,13H2,(H,20,21). The van der Waals surface area contributed by atoms with E-state index in [2.05, 4.69) is 15.1 Å². The molecule has 0 bridgehead atoms. The highest BCUT2D eigenvalue weighted by Gasteiger charge is 2.32. The van der Waals surface area contributed by atoms with Crippen molar-refractivity contribution in [2.75, 3.05) is 32.7 Å². The second-order valence-corrected chi connectivity index (χ2v) is 6.83. The number of nitrogens with zero attached hydrogens (tertiary/aromatic N) is 3. The molecule has 2 heterocycles. The first-order chi connectivity index (χ1) is 12.2. The summed E-state index contributed by atoms with van der Waals surface area (Å²) >= 11 is 0. The Labute approximate surface area is 146 Å². The number of Topliss-reactive ketones (excluding diaryl/α,β-unsaturated/α-hetero) is 1. The van der Waals surface area contributed by atoms with Gasteiger partial charge in [-0.15, -0.1) is 0 Å². The number of benzene rings is 1. The lowest BCUT2D eigenvalue weighted by atomic mass is 10.1. The van der Waals surface area contributed by atoms with E-state index in [4.69, 9.17) is 0 Å². The third-order valence-corrected chi connectivity index (χ3v) is 5.00. The van der Waals surface area contributed by atoms with Gasteiger partial charge in [0.05, 0.1) is 24.0 Å². The van der Waals surface area contributed by atoms with Gasteiger partial charge in [-0.3, -0.25) is 19.6 Å². The molecule has 1 aliphatic carbocycles. The number of carbonyl (C=O) groups excluding carboxylic acids is 2. The van der Waals surface area contributed by atoms with E-state index < -0.39 is 0 Å². The minimum Gasteiger partial charge on any atom is -0.336 e. The molecule has 1 saturated carbocycles. The predicted molar refractivity (Wildman–Crippen MR) is 94.1 cm³/mol. The van der Waals surface area contributed by atoms with E-state index in [1.54, 1.807) is 6.20 Å². The van der Waals surface area contributed by atoms with Gasteiger partial charge in [0.25, 0.3) is 5.91 Å². The van der Waals surface area contributed by atoms with Crippen LogP contribution in [-0.2, 0) is 4.79 Å². The summed E-state index contributed by atoms with van der Waals surface area (Å²) in [6.07, 6.45) is 3.72. The summed E-state index contributed by atoms with van der Waals surface area (Å²) < 4.78 is 0. The van der Waals surface area contributed by atoms with Crippen LogP contribution in [0.3, 0.4) is 0 Å². The van der Waals surface area contributed by atoms with Crippen LogP contribution in [0.4, 0.5) is 0 Å². The van der Waals surface area contributed by atoms with Gasteiger partial charge in [0.1, 0.15) is 5.78 Å². The quantitative estimate of drug-likeness (QED) is 0.903. The van der Waals surface area contributed by atoms with Crippen molar-refractivity contribution in [3.8, 4) is 11.3 Å². The normalized spacial score (nSPS) is 18.3. The molecule has 25 heavy (non-hydrogen) atoms. The van der Waals surface area contributed by atoms with E-state index in [9.17, 15) is 9.59 Å². The highest BCUT2D eigenvalue weighted by molar-refractivity contribution is 5.99. The Morgan fingerprint density at radius 2 is 1.80 bits per heavy atom. The molecule has 1 aromatic carbocycles. The number of amides is 1. The molecule has 1 aliphatic heterocycles. The number of nitrogens with one attached hydrogen (secondary N) is 1. The molecule has 0 radical (unpaired) electrons.